The molecule has 0 fully saturated rings. The normalized spacial score (nSPS) is 11.6. The van der Waals surface area contributed by atoms with Crippen molar-refractivity contribution in [2.75, 3.05) is 0 Å². The number of hydrogen-bond acceptors (Lipinski definition) is 12. The lowest BCUT2D eigenvalue weighted by Crippen LogP contribution is -2.01. The number of para-hydroxylation sites is 5. The van der Waals surface area contributed by atoms with Crippen LogP contribution in [0.25, 0.3) is 281 Å². The van der Waals surface area contributed by atoms with Gasteiger partial charge in [0.25, 0.3) is 0 Å². The Morgan fingerprint density at radius 2 is 0.413 bits per heavy atom. The third-order valence-electron chi connectivity index (χ3n) is 28.4. The first-order valence-corrected chi connectivity index (χ1v) is 51.7. The lowest BCUT2D eigenvalue weighted by molar-refractivity contribution is 0.670. The molecule has 0 saturated heterocycles. The van der Waals surface area contributed by atoms with Crippen molar-refractivity contribution in [3.63, 3.8) is 0 Å². The van der Waals surface area contributed by atoms with Crippen LogP contribution in [0.1, 0.15) is 0 Å². The Kier molecular flexibility index (Phi) is 22.0. The zero-order valence-corrected chi connectivity index (χ0v) is 82.2. The molecule has 9 heterocycles. The van der Waals surface area contributed by atoms with Crippen LogP contribution in [-0.4, -0.2) is 58.6 Å². The number of furan rings is 1. The third kappa shape index (κ3) is 15.9. The van der Waals surface area contributed by atoms with Crippen LogP contribution in [0.3, 0.4) is 0 Å². The van der Waals surface area contributed by atoms with Gasteiger partial charge in [-0.05, 0) is 125 Å². The first-order valence-electron chi connectivity index (χ1n) is 50.1. The Balaban J connectivity index is 0.000000108. The van der Waals surface area contributed by atoms with Gasteiger partial charge in [0.05, 0.1) is 33.1 Å². The van der Waals surface area contributed by atoms with E-state index in [0.29, 0.717) is 52.4 Å². The average molecular weight is 1950 g/mol. The molecular weight excluding hydrogens is 1870 g/mol. The molecule has 0 radical (unpaired) electrons. The smallest absolute Gasteiger partial charge is 0.164 e. The molecule has 702 valence electrons. The average Bonchev–Trinajstić information content (AvgIpc) is 1.58. The fourth-order valence-corrected chi connectivity index (χ4v) is 23.8. The van der Waals surface area contributed by atoms with Crippen molar-refractivity contribution in [3.05, 3.63) is 510 Å². The van der Waals surface area contributed by atoms with Gasteiger partial charge in [0.2, 0.25) is 0 Å². The van der Waals surface area contributed by atoms with E-state index >= 15 is 0 Å². The minimum Gasteiger partial charge on any atom is -0.455 e. The molecule has 9 aromatic heterocycles. The predicted molar refractivity (Wildman–Crippen MR) is 621 cm³/mol. The highest BCUT2D eigenvalue weighted by Crippen LogP contribution is 2.48. The van der Waals surface area contributed by atoms with E-state index in [9.17, 15) is 0 Å². The second-order valence-corrected chi connectivity index (χ2v) is 39.5. The van der Waals surface area contributed by atoms with Crippen LogP contribution < -0.4 is 0 Å². The Morgan fingerprint density at radius 3 is 0.800 bits per heavy atom. The molecule has 0 unspecified atom stereocenters. The molecule has 0 spiro atoms. The van der Waals surface area contributed by atoms with Gasteiger partial charge < -0.3 is 18.1 Å². The first-order chi connectivity index (χ1) is 74.3. The van der Waals surface area contributed by atoms with Crippen molar-refractivity contribution >= 4 is 150 Å². The van der Waals surface area contributed by atoms with Gasteiger partial charge in [0, 0.05) is 156 Å². The van der Waals surface area contributed by atoms with Crippen molar-refractivity contribution in [2.45, 2.75) is 0 Å². The van der Waals surface area contributed by atoms with Gasteiger partial charge in [-0.15, -0.1) is 22.7 Å². The summed E-state index contributed by atoms with van der Waals surface area (Å²) < 4.78 is 18.8. The maximum atomic E-state index is 6.45. The lowest BCUT2D eigenvalue weighted by atomic mass is 10.0. The van der Waals surface area contributed by atoms with E-state index in [1.54, 1.807) is 0 Å². The number of fused-ring (bicyclic) bond motifs is 18. The molecule has 0 aliphatic rings. The number of aromatic nitrogens is 12. The standard InChI is InChI=1S/C45H28N4O.2C45H28N4S/c2*1-3-13-29(14-4-1)43-46-44(30-15-5-2-6-16-30)48-45(47-43)32-17-11-18-33(27-32)49-39-23-9-7-19-35(39)36-26-25-31(28-40(36)49)34-21-12-22-38-37-20-8-10-24-41(37)50-42(34)38;1-3-13-29(14-4-1)43-46-44(30-15-5-2-6-16-30)48-45(47-43)32-17-11-18-33(27-32)49-39-23-9-7-19-35(39)38-28-31(25-26-40(38)49)34-21-12-22-37-36-20-8-10-24-41(36)50-42(34)37/h3*1-28H. The Labute approximate surface area is 869 Å². The topological polar surface area (TPSA) is 144 Å². The number of nitrogens with zero attached hydrogens (tertiary/aromatic N) is 12. The summed E-state index contributed by atoms with van der Waals surface area (Å²) in [6, 6.07) is 178. The van der Waals surface area contributed by atoms with E-state index in [0.717, 1.165) is 133 Å². The molecule has 0 N–H and O–H groups in total. The molecule has 0 bridgehead atoms. The molecule has 0 saturated carbocycles. The Bertz CT molecular complexity index is 9930. The molecule has 15 heteroatoms. The SMILES string of the molecule is c1ccc(-c2nc(-c3ccccc3)nc(-c3cccc(-n4c5ccccc5c5cc(-c6cccc7c6sc6ccccc67)ccc54)c3)n2)cc1.c1ccc(-c2nc(-c3ccccc3)nc(-c3cccc(-n4c5ccccc5c5ccc(-c6cccc7c6oc6ccccc67)cc54)c3)n2)cc1.c1ccc(-c2nc(-c3ccccc3)nc(-c3cccc(-n4c5ccccc5c5ccc(-c6cccc7c6sc6ccccc67)cc54)c3)n2)cc1. The Hall–Kier alpha value is -19.7. The van der Waals surface area contributed by atoms with Gasteiger partial charge in [-0.3, -0.25) is 0 Å². The molecule has 0 amide bonds. The highest BCUT2D eigenvalue weighted by Gasteiger charge is 2.25. The Morgan fingerprint density at radius 1 is 0.153 bits per heavy atom. The molecule has 30 aromatic rings. The maximum Gasteiger partial charge on any atom is 0.164 e. The fourth-order valence-electron chi connectivity index (χ4n) is 21.3. The molecule has 0 aliphatic heterocycles. The van der Waals surface area contributed by atoms with E-state index in [2.05, 4.69) is 329 Å². The highest BCUT2D eigenvalue weighted by molar-refractivity contribution is 7.26. The summed E-state index contributed by atoms with van der Waals surface area (Å²) in [4.78, 5) is 44.7. The molecule has 13 nitrogen and oxygen atoms in total. The van der Waals surface area contributed by atoms with Crippen molar-refractivity contribution in [2.24, 2.45) is 0 Å². The van der Waals surface area contributed by atoms with E-state index in [1.807, 2.05) is 217 Å². The van der Waals surface area contributed by atoms with Crippen LogP contribution >= 0.6 is 22.7 Å². The quantitative estimate of drug-likeness (QED) is 0.0973. The largest absolute Gasteiger partial charge is 0.455 e. The second-order valence-electron chi connectivity index (χ2n) is 37.4. The second kappa shape index (κ2) is 37.5. The summed E-state index contributed by atoms with van der Waals surface area (Å²) in [5.41, 5.74) is 27.3. The van der Waals surface area contributed by atoms with Gasteiger partial charge >= 0.3 is 0 Å². The van der Waals surface area contributed by atoms with Crippen LogP contribution in [0.4, 0.5) is 0 Å². The first kappa shape index (κ1) is 88.0. The van der Waals surface area contributed by atoms with Crippen LogP contribution in [0.15, 0.2) is 514 Å². The molecular formula is C135H84N12OS2. The number of benzene rings is 21. The summed E-state index contributed by atoms with van der Waals surface area (Å²) in [6.07, 6.45) is 0. The summed E-state index contributed by atoms with van der Waals surface area (Å²) in [7, 11) is 0. The van der Waals surface area contributed by atoms with E-state index in [4.69, 9.17) is 49.3 Å². The van der Waals surface area contributed by atoms with Crippen molar-refractivity contribution in [1.29, 1.82) is 0 Å². The van der Waals surface area contributed by atoms with Gasteiger partial charge in [-0.1, -0.05) is 413 Å². The third-order valence-corrected chi connectivity index (χ3v) is 30.8. The molecule has 30 rings (SSSR count). The lowest BCUT2D eigenvalue weighted by Gasteiger charge is -2.12. The van der Waals surface area contributed by atoms with Gasteiger partial charge in [0.15, 0.2) is 52.4 Å². The fraction of sp³-hybridized carbons (Fsp3) is 0. The summed E-state index contributed by atoms with van der Waals surface area (Å²) in [5, 5.41) is 14.7. The van der Waals surface area contributed by atoms with Crippen LogP contribution in [0, 0.1) is 0 Å². The highest BCUT2D eigenvalue weighted by atomic mass is 32.1. The summed E-state index contributed by atoms with van der Waals surface area (Å²) in [5.74, 6) is 5.78. The van der Waals surface area contributed by atoms with Crippen molar-refractivity contribution < 1.29 is 4.42 Å². The van der Waals surface area contributed by atoms with Crippen molar-refractivity contribution in [1.82, 2.24) is 58.6 Å². The summed E-state index contributed by atoms with van der Waals surface area (Å²) >= 11 is 3.74. The van der Waals surface area contributed by atoms with E-state index in [1.165, 1.54) is 94.9 Å². The molecule has 21 aromatic carbocycles. The zero-order chi connectivity index (χ0) is 99.1. The monoisotopic (exact) mass is 1950 g/mol. The van der Waals surface area contributed by atoms with Crippen LogP contribution in [0.5, 0.6) is 0 Å². The minimum atomic E-state index is 0.623. The number of hydrogen-bond donors (Lipinski definition) is 0. The molecule has 0 atom stereocenters. The number of rotatable bonds is 15. The summed E-state index contributed by atoms with van der Waals surface area (Å²) in [6.45, 7) is 0. The minimum absolute atomic E-state index is 0.623. The predicted octanol–water partition coefficient (Wildman–Crippen LogP) is 35.5. The van der Waals surface area contributed by atoms with Crippen LogP contribution in [0.2, 0.25) is 0 Å². The zero-order valence-electron chi connectivity index (χ0n) is 80.6. The molecule has 150 heavy (non-hydrogen) atoms. The maximum absolute atomic E-state index is 6.45. The number of thiophene rings is 2. The van der Waals surface area contributed by atoms with E-state index < -0.39 is 0 Å². The van der Waals surface area contributed by atoms with Gasteiger partial charge in [-0.2, -0.15) is 0 Å². The molecule has 0 aliphatic carbocycles. The van der Waals surface area contributed by atoms with Crippen molar-refractivity contribution in [3.8, 4) is 153 Å². The van der Waals surface area contributed by atoms with Gasteiger partial charge in [0.1, 0.15) is 11.2 Å². The van der Waals surface area contributed by atoms with Gasteiger partial charge in [-0.25, -0.2) is 44.9 Å². The van der Waals surface area contributed by atoms with Crippen LogP contribution in [-0.2, 0) is 0 Å². The van der Waals surface area contributed by atoms with E-state index in [-0.39, 0.29) is 0 Å².